The van der Waals surface area contributed by atoms with Gasteiger partial charge in [-0.05, 0) is 69.7 Å². The predicted octanol–water partition coefficient (Wildman–Crippen LogP) is 3.89. The van der Waals surface area contributed by atoms with Gasteiger partial charge in [-0.2, -0.15) is 0 Å². The van der Waals surface area contributed by atoms with Crippen molar-refractivity contribution < 1.29 is 4.74 Å². The summed E-state index contributed by atoms with van der Waals surface area (Å²) in [5.41, 5.74) is 0.317. The van der Waals surface area contributed by atoms with Gasteiger partial charge in [0.1, 0.15) is 0 Å². The molecule has 0 radical (unpaired) electrons. The molecule has 1 saturated heterocycles. The van der Waals surface area contributed by atoms with Gasteiger partial charge < -0.3 is 10.1 Å². The van der Waals surface area contributed by atoms with Crippen molar-refractivity contribution in [3.05, 3.63) is 0 Å². The Morgan fingerprint density at radius 2 is 1.95 bits per heavy atom. The fraction of sp³-hybridized carbons (Fsp3) is 1.00. The standard InChI is InChI=1S/C17H31NO/c1-2-10-18-16-6-5-14(12-16)15-7-11-19-17(13-15)8-3-4-9-17/h14-16,18H,2-13H2,1H3. The number of nitrogens with one attached hydrogen (secondary N) is 1. The Morgan fingerprint density at radius 1 is 1.11 bits per heavy atom. The summed E-state index contributed by atoms with van der Waals surface area (Å²) >= 11 is 0. The number of ether oxygens (including phenoxy) is 1. The molecule has 0 aromatic heterocycles. The molecule has 0 aromatic carbocycles. The van der Waals surface area contributed by atoms with Crippen molar-refractivity contribution in [2.24, 2.45) is 11.8 Å². The number of hydrogen-bond acceptors (Lipinski definition) is 2. The van der Waals surface area contributed by atoms with Crippen LogP contribution in [0.5, 0.6) is 0 Å². The van der Waals surface area contributed by atoms with Crippen LogP contribution in [0.15, 0.2) is 0 Å². The van der Waals surface area contributed by atoms with Gasteiger partial charge >= 0.3 is 0 Å². The van der Waals surface area contributed by atoms with Gasteiger partial charge in [0.15, 0.2) is 0 Å². The van der Waals surface area contributed by atoms with Crippen LogP contribution >= 0.6 is 0 Å². The van der Waals surface area contributed by atoms with Crippen LogP contribution in [0.2, 0.25) is 0 Å². The molecule has 2 heteroatoms. The first-order chi connectivity index (χ1) is 9.31. The molecule has 19 heavy (non-hydrogen) atoms. The average Bonchev–Trinajstić information content (AvgIpc) is 3.06. The Balaban J connectivity index is 1.52. The largest absolute Gasteiger partial charge is 0.375 e. The molecular weight excluding hydrogens is 234 g/mol. The Labute approximate surface area is 118 Å². The zero-order valence-electron chi connectivity index (χ0n) is 12.6. The van der Waals surface area contributed by atoms with E-state index in [-0.39, 0.29) is 0 Å². The van der Waals surface area contributed by atoms with E-state index in [9.17, 15) is 0 Å². The van der Waals surface area contributed by atoms with Gasteiger partial charge in [-0.15, -0.1) is 0 Å². The number of hydrogen-bond donors (Lipinski definition) is 1. The van der Waals surface area contributed by atoms with Gasteiger partial charge in [0.2, 0.25) is 0 Å². The summed E-state index contributed by atoms with van der Waals surface area (Å²) in [4.78, 5) is 0. The van der Waals surface area contributed by atoms with Crippen LogP contribution in [0.1, 0.15) is 71.1 Å². The fourth-order valence-corrected chi connectivity index (χ4v) is 4.81. The first-order valence-corrected chi connectivity index (χ1v) is 8.69. The Hall–Kier alpha value is -0.0800. The van der Waals surface area contributed by atoms with Crippen LogP contribution in [-0.2, 0) is 4.74 Å². The molecule has 1 heterocycles. The van der Waals surface area contributed by atoms with E-state index in [2.05, 4.69) is 12.2 Å². The summed E-state index contributed by atoms with van der Waals surface area (Å²) in [6, 6.07) is 0.812. The SMILES string of the molecule is CCCNC1CCC(C2CCOC3(CCCC3)C2)C1. The third-order valence-electron chi connectivity index (χ3n) is 5.87. The average molecular weight is 265 g/mol. The zero-order chi connectivity index (χ0) is 13.1. The lowest BCUT2D eigenvalue weighted by Crippen LogP contribution is -2.39. The first-order valence-electron chi connectivity index (χ1n) is 8.69. The van der Waals surface area contributed by atoms with Gasteiger partial charge in [-0.1, -0.05) is 19.8 Å². The Kier molecular flexibility index (Phi) is 4.48. The van der Waals surface area contributed by atoms with E-state index in [0.29, 0.717) is 5.60 Å². The second-order valence-corrected chi connectivity index (χ2v) is 7.22. The lowest BCUT2D eigenvalue weighted by atomic mass is 9.77. The summed E-state index contributed by atoms with van der Waals surface area (Å²) < 4.78 is 6.19. The Bertz CT molecular complexity index is 285. The molecular formula is C17H31NO. The maximum absolute atomic E-state index is 6.19. The lowest BCUT2D eigenvalue weighted by molar-refractivity contribution is -0.101. The van der Waals surface area contributed by atoms with Gasteiger partial charge in [0.25, 0.3) is 0 Å². The lowest BCUT2D eigenvalue weighted by Gasteiger charge is -2.40. The third kappa shape index (κ3) is 3.16. The molecule has 2 aliphatic carbocycles. The molecule has 3 unspecified atom stereocenters. The van der Waals surface area contributed by atoms with E-state index >= 15 is 0 Å². The maximum Gasteiger partial charge on any atom is 0.0685 e. The highest BCUT2D eigenvalue weighted by molar-refractivity contribution is 4.95. The highest BCUT2D eigenvalue weighted by Gasteiger charge is 2.43. The monoisotopic (exact) mass is 265 g/mol. The van der Waals surface area contributed by atoms with Crippen molar-refractivity contribution in [2.45, 2.75) is 82.8 Å². The minimum absolute atomic E-state index is 0.317. The highest BCUT2D eigenvalue weighted by atomic mass is 16.5. The van der Waals surface area contributed by atoms with E-state index in [1.807, 2.05) is 0 Å². The van der Waals surface area contributed by atoms with Crippen molar-refractivity contribution in [2.75, 3.05) is 13.2 Å². The summed E-state index contributed by atoms with van der Waals surface area (Å²) in [6.45, 7) is 4.51. The molecule has 1 spiro atoms. The quantitative estimate of drug-likeness (QED) is 0.832. The molecule has 0 amide bonds. The normalized spacial score (nSPS) is 38.1. The molecule has 3 aliphatic rings. The molecule has 3 fully saturated rings. The second kappa shape index (κ2) is 6.13. The van der Waals surface area contributed by atoms with Crippen LogP contribution < -0.4 is 5.32 Å². The topological polar surface area (TPSA) is 21.3 Å². The van der Waals surface area contributed by atoms with Crippen molar-refractivity contribution in [1.82, 2.24) is 5.32 Å². The molecule has 1 N–H and O–H groups in total. The minimum atomic E-state index is 0.317. The first kappa shape index (κ1) is 13.9. The summed E-state index contributed by atoms with van der Waals surface area (Å²) in [6.07, 6.45) is 13.8. The van der Waals surface area contributed by atoms with E-state index in [1.165, 1.54) is 70.8 Å². The van der Waals surface area contributed by atoms with Gasteiger partial charge in [0.05, 0.1) is 5.60 Å². The smallest absolute Gasteiger partial charge is 0.0685 e. The molecule has 3 rings (SSSR count). The van der Waals surface area contributed by atoms with Crippen LogP contribution in [-0.4, -0.2) is 24.8 Å². The summed E-state index contributed by atoms with van der Waals surface area (Å²) in [5, 5.41) is 3.73. The fourth-order valence-electron chi connectivity index (χ4n) is 4.81. The van der Waals surface area contributed by atoms with E-state index in [1.54, 1.807) is 0 Å². The Morgan fingerprint density at radius 3 is 2.74 bits per heavy atom. The van der Waals surface area contributed by atoms with Crippen molar-refractivity contribution in [3.8, 4) is 0 Å². The third-order valence-corrected chi connectivity index (χ3v) is 5.87. The minimum Gasteiger partial charge on any atom is -0.375 e. The van der Waals surface area contributed by atoms with Crippen molar-refractivity contribution in [1.29, 1.82) is 0 Å². The summed E-state index contributed by atoms with van der Waals surface area (Å²) in [7, 11) is 0. The van der Waals surface area contributed by atoms with Crippen molar-refractivity contribution >= 4 is 0 Å². The van der Waals surface area contributed by atoms with E-state index in [4.69, 9.17) is 4.74 Å². The van der Waals surface area contributed by atoms with E-state index in [0.717, 1.165) is 24.5 Å². The molecule has 2 nitrogen and oxygen atoms in total. The molecule has 0 aromatic rings. The molecule has 3 atom stereocenters. The van der Waals surface area contributed by atoms with Gasteiger partial charge in [-0.3, -0.25) is 0 Å². The molecule has 2 saturated carbocycles. The zero-order valence-corrected chi connectivity index (χ0v) is 12.6. The second-order valence-electron chi connectivity index (χ2n) is 7.22. The predicted molar refractivity (Wildman–Crippen MR) is 79.3 cm³/mol. The van der Waals surface area contributed by atoms with Gasteiger partial charge in [-0.25, -0.2) is 0 Å². The van der Waals surface area contributed by atoms with Crippen LogP contribution in [0.25, 0.3) is 0 Å². The van der Waals surface area contributed by atoms with Crippen LogP contribution in [0.4, 0.5) is 0 Å². The highest BCUT2D eigenvalue weighted by Crippen LogP contribution is 2.46. The van der Waals surface area contributed by atoms with E-state index < -0.39 is 0 Å². The molecule has 0 bridgehead atoms. The van der Waals surface area contributed by atoms with Crippen molar-refractivity contribution in [3.63, 3.8) is 0 Å². The van der Waals surface area contributed by atoms with Crippen LogP contribution in [0, 0.1) is 11.8 Å². The molecule has 110 valence electrons. The summed E-state index contributed by atoms with van der Waals surface area (Å²) in [5.74, 6) is 1.94. The molecule has 1 aliphatic heterocycles. The van der Waals surface area contributed by atoms with Crippen LogP contribution in [0.3, 0.4) is 0 Å². The van der Waals surface area contributed by atoms with Gasteiger partial charge in [0, 0.05) is 12.6 Å². The number of rotatable bonds is 4. The maximum atomic E-state index is 6.19.